The van der Waals surface area contributed by atoms with Gasteiger partial charge in [-0.15, -0.1) is 0 Å². The predicted octanol–water partition coefficient (Wildman–Crippen LogP) is 0.957. The second-order valence-corrected chi connectivity index (χ2v) is 10.1. The van der Waals surface area contributed by atoms with E-state index in [0.717, 1.165) is 5.56 Å². The van der Waals surface area contributed by atoms with Crippen LogP contribution in [0.4, 0.5) is 0 Å². The molecule has 3 N–H and O–H groups in total. The summed E-state index contributed by atoms with van der Waals surface area (Å²) in [7, 11) is 1.47. The van der Waals surface area contributed by atoms with E-state index in [9.17, 15) is 24.0 Å². The van der Waals surface area contributed by atoms with Crippen LogP contribution in [0.5, 0.6) is 0 Å². The Morgan fingerprint density at radius 1 is 1.05 bits per heavy atom. The third-order valence-electron chi connectivity index (χ3n) is 6.67. The molecule has 210 valence electrons. The smallest absolute Gasteiger partial charge is 0.257 e. The van der Waals surface area contributed by atoms with E-state index in [2.05, 4.69) is 16.0 Å². The van der Waals surface area contributed by atoms with Crippen LogP contribution in [0, 0.1) is 5.92 Å². The molecule has 1 aromatic carbocycles. The van der Waals surface area contributed by atoms with Gasteiger partial charge in [0.2, 0.25) is 23.6 Å². The van der Waals surface area contributed by atoms with E-state index in [4.69, 9.17) is 4.42 Å². The Bertz CT molecular complexity index is 1150. The minimum absolute atomic E-state index is 0.161. The largest absolute Gasteiger partial charge is 0.472 e. The predicted molar refractivity (Wildman–Crippen MR) is 143 cm³/mol. The zero-order chi connectivity index (χ0) is 28.5. The Balaban J connectivity index is 1.88. The monoisotopic (exact) mass is 539 g/mol. The van der Waals surface area contributed by atoms with Gasteiger partial charge in [-0.05, 0) is 30.9 Å². The number of furan rings is 1. The third-order valence-corrected chi connectivity index (χ3v) is 6.67. The molecular weight excluding hydrogens is 502 g/mol. The zero-order valence-electron chi connectivity index (χ0n) is 22.8. The summed E-state index contributed by atoms with van der Waals surface area (Å²) >= 11 is 0. The highest BCUT2D eigenvalue weighted by atomic mass is 16.3. The fraction of sp³-hybridized carbons (Fsp3) is 0.464. The molecule has 11 nitrogen and oxygen atoms in total. The minimum Gasteiger partial charge on any atom is -0.472 e. The first-order valence-corrected chi connectivity index (χ1v) is 13.1. The minimum atomic E-state index is -0.917. The van der Waals surface area contributed by atoms with Crippen molar-refractivity contribution in [3.05, 3.63) is 60.1 Å². The molecular formula is C28H37N5O6. The number of benzene rings is 1. The average molecular weight is 540 g/mol. The van der Waals surface area contributed by atoms with Gasteiger partial charge in [0.1, 0.15) is 24.4 Å². The Kier molecular flexibility index (Phi) is 10.2. The van der Waals surface area contributed by atoms with E-state index in [1.54, 1.807) is 20.8 Å². The van der Waals surface area contributed by atoms with Gasteiger partial charge in [-0.2, -0.15) is 0 Å². The van der Waals surface area contributed by atoms with Gasteiger partial charge in [0.05, 0.1) is 18.4 Å². The van der Waals surface area contributed by atoms with Crippen LogP contribution in [0.25, 0.3) is 0 Å². The number of hydrogen-bond donors (Lipinski definition) is 3. The van der Waals surface area contributed by atoms with Crippen molar-refractivity contribution in [3.63, 3.8) is 0 Å². The lowest BCUT2D eigenvalue weighted by Crippen LogP contribution is -2.57. The Labute approximate surface area is 228 Å². The molecule has 1 fully saturated rings. The molecule has 0 unspecified atom stereocenters. The van der Waals surface area contributed by atoms with Gasteiger partial charge in [-0.25, -0.2) is 0 Å². The fourth-order valence-corrected chi connectivity index (χ4v) is 4.37. The molecule has 11 heteroatoms. The Morgan fingerprint density at radius 2 is 1.77 bits per heavy atom. The van der Waals surface area contributed by atoms with Gasteiger partial charge < -0.3 is 30.2 Å². The van der Waals surface area contributed by atoms with E-state index >= 15 is 0 Å². The van der Waals surface area contributed by atoms with Gasteiger partial charge in [0, 0.05) is 26.6 Å². The van der Waals surface area contributed by atoms with Crippen LogP contribution in [0.1, 0.15) is 43.1 Å². The maximum absolute atomic E-state index is 13.3. The van der Waals surface area contributed by atoms with Gasteiger partial charge in [0.15, 0.2) is 0 Å². The highest BCUT2D eigenvalue weighted by Gasteiger charge is 2.33. The molecule has 5 amide bonds. The summed E-state index contributed by atoms with van der Waals surface area (Å²) in [4.78, 5) is 68.3. The molecule has 1 aliphatic heterocycles. The molecule has 3 atom stereocenters. The summed E-state index contributed by atoms with van der Waals surface area (Å²) in [6.07, 6.45) is 3.30. The van der Waals surface area contributed by atoms with Crippen LogP contribution in [-0.4, -0.2) is 84.1 Å². The summed E-state index contributed by atoms with van der Waals surface area (Å²) in [5.41, 5.74) is 1.15. The summed E-state index contributed by atoms with van der Waals surface area (Å²) in [6.45, 7) is 5.25. The first-order valence-electron chi connectivity index (χ1n) is 13.1. The molecule has 0 saturated carbocycles. The molecule has 1 aliphatic rings. The van der Waals surface area contributed by atoms with Crippen LogP contribution in [0.15, 0.2) is 53.3 Å². The van der Waals surface area contributed by atoms with Gasteiger partial charge in [0.25, 0.3) is 5.91 Å². The second-order valence-electron chi connectivity index (χ2n) is 10.1. The molecule has 3 rings (SSSR count). The number of nitrogens with one attached hydrogen (secondary N) is 3. The maximum Gasteiger partial charge on any atom is 0.257 e. The van der Waals surface area contributed by atoms with Crippen LogP contribution in [-0.2, 0) is 25.6 Å². The summed E-state index contributed by atoms with van der Waals surface area (Å²) < 4.78 is 5.05. The standard InChI is InChI=1S/C28H37N5O6/c1-18(2)24-28(38)32(4)16-23(34)30-22(15-20-9-6-5-7-10-20)26(36)29-12-8-13-33(19(3)25(35)31-24)27(37)21-11-14-39-17-21/h5-7,9-11,14,17-19,22,24H,8,12-13,15-16H2,1-4H3,(H,29,36)(H,30,34)(H,31,35)/t19-,22+,24+/m1/s1. The van der Waals surface area contributed by atoms with Gasteiger partial charge in [-0.3, -0.25) is 24.0 Å². The van der Waals surface area contributed by atoms with E-state index in [0.29, 0.717) is 6.42 Å². The second kappa shape index (κ2) is 13.6. The van der Waals surface area contributed by atoms with Crippen LogP contribution < -0.4 is 16.0 Å². The normalized spacial score (nSPS) is 22.3. The SMILES string of the molecule is CC(C)[C@@H]1NC(=O)[C@@H](C)N(C(=O)c2ccoc2)CCCNC(=O)[C@H](Cc2ccccc2)NC(=O)CN(C)C1=O. The van der Waals surface area contributed by atoms with Crippen molar-refractivity contribution >= 4 is 29.5 Å². The zero-order valence-corrected chi connectivity index (χ0v) is 22.8. The van der Waals surface area contributed by atoms with Crippen molar-refractivity contribution in [1.29, 1.82) is 0 Å². The highest BCUT2D eigenvalue weighted by Crippen LogP contribution is 2.13. The number of rotatable bonds is 4. The Hall–Kier alpha value is -4.15. The molecule has 1 saturated heterocycles. The van der Waals surface area contributed by atoms with Crippen molar-refractivity contribution in [2.24, 2.45) is 5.92 Å². The van der Waals surface area contributed by atoms with Crippen LogP contribution in [0.2, 0.25) is 0 Å². The van der Waals surface area contributed by atoms with Crippen LogP contribution >= 0.6 is 0 Å². The van der Waals surface area contributed by atoms with Crippen molar-refractivity contribution in [2.75, 3.05) is 26.7 Å². The molecule has 39 heavy (non-hydrogen) atoms. The third kappa shape index (κ3) is 7.92. The first kappa shape index (κ1) is 29.4. The lowest BCUT2D eigenvalue weighted by atomic mass is 10.0. The first-order chi connectivity index (χ1) is 18.6. The summed E-state index contributed by atoms with van der Waals surface area (Å²) in [6, 6.07) is 8.12. The number of nitrogens with zero attached hydrogens (tertiary/aromatic N) is 2. The van der Waals surface area contributed by atoms with E-state index in [1.807, 2.05) is 30.3 Å². The Morgan fingerprint density at radius 3 is 2.41 bits per heavy atom. The topological polar surface area (TPSA) is 141 Å². The van der Waals surface area contributed by atoms with Crippen molar-refractivity contribution in [1.82, 2.24) is 25.8 Å². The van der Waals surface area contributed by atoms with E-state index < -0.39 is 41.8 Å². The summed E-state index contributed by atoms with van der Waals surface area (Å²) in [5.74, 6) is -2.52. The molecule has 2 aromatic rings. The number of carbonyl (C=O) groups is 5. The number of hydrogen-bond acceptors (Lipinski definition) is 6. The molecule has 0 radical (unpaired) electrons. The quantitative estimate of drug-likeness (QED) is 0.529. The molecule has 2 heterocycles. The molecule has 1 aromatic heterocycles. The van der Waals surface area contributed by atoms with Crippen LogP contribution in [0.3, 0.4) is 0 Å². The van der Waals surface area contributed by atoms with Crippen molar-refractivity contribution < 1.29 is 28.4 Å². The van der Waals surface area contributed by atoms with E-state index in [1.165, 1.54) is 35.4 Å². The molecule has 0 bridgehead atoms. The molecule has 0 spiro atoms. The van der Waals surface area contributed by atoms with E-state index in [-0.39, 0.29) is 43.4 Å². The van der Waals surface area contributed by atoms with Crippen molar-refractivity contribution in [3.8, 4) is 0 Å². The fourth-order valence-electron chi connectivity index (χ4n) is 4.37. The maximum atomic E-state index is 13.3. The number of carbonyl (C=O) groups excluding carboxylic acids is 5. The lowest BCUT2D eigenvalue weighted by Gasteiger charge is -2.32. The average Bonchev–Trinajstić information content (AvgIpc) is 3.45. The highest BCUT2D eigenvalue weighted by molar-refractivity contribution is 5.98. The van der Waals surface area contributed by atoms with Crippen molar-refractivity contribution in [2.45, 2.75) is 51.7 Å². The summed E-state index contributed by atoms with van der Waals surface area (Å²) in [5, 5.41) is 8.35. The van der Waals surface area contributed by atoms with Gasteiger partial charge >= 0.3 is 0 Å². The lowest BCUT2D eigenvalue weighted by molar-refractivity contribution is -0.140. The number of likely N-dealkylation sites (N-methyl/N-ethyl adjacent to an activating group) is 1. The molecule has 0 aliphatic carbocycles. The number of amides is 5. The van der Waals surface area contributed by atoms with Gasteiger partial charge in [-0.1, -0.05) is 44.2 Å².